The fourth-order valence-electron chi connectivity index (χ4n) is 2.25. The highest BCUT2D eigenvalue weighted by Gasteiger charge is 2.12. The summed E-state index contributed by atoms with van der Waals surface area (Å²) in [5.41, 5.74) is 4.43. The lowest BCUT2D eigenvalue weighted by Gasteiger charge is -2.15. The summed E-state index contributed by atoms with van der Waals surface area (Å²) in [6.07, 6.45) is 3.04. The van der Waals surface area contributed by atoms with Crippen molar-refractivity contribution in [3.05, 3.63) is 40.5 Å². The highest BCUT2D eigenvalue weighted by molar-refractivity contribution is 6.33. The SMILES string of the molecule is CCCN(C)Cc1cn[nH]c1-c1cc(C)ccc1Cl. The number of nitrogens with one attached hydrogen (secondary N) is 1. The van der Waals surface area contributed by atoms with E-state index in [1.165, 1.54) is 11.1 Å². The first kappa shape index (κ1) is 14.1. The zero-order chi connectivity index (χ0) is 13.8. The number of hydrogen-bond donors (Lipinski definition) is 1. The molecule has 19 heavy (non-hydrogen) atoms. The van der Waals surface area contributed by atoms with Gasteiger partial charge in [-0.05, 0) is 39.1 Å². The van der Waals surface area contributed by atoms with Crippen molar-refractivity contribution in [2.24, 2.45) is 0 Å². The Labute approximate surface area is 119 Å². The number of aromatic amines is 1. The summed E-state index contributed by atoms with van der Waals surface area (Å²) < 4.78 is 0. The van der Waals surface area contributed by atoms with E-state index in [9.17, 15) is 0 Å². The molecule has 0 spiro atoms. The molecule has 0 aliphatic carbocycles. The predicted octanol–water partition coefficient (Wildman–Crippen LogP) is 3.88. The maximum atomic E-state index is 6.30. The second kappa shape index (κ2) is 6.22. The Balaban J connectivity index is 2.31. The highest BCUT2D eigenvalue weighted by Crippen LogP contribution is 2.30. The van der Waals surface area contributed by atoms with Gasteiger partial charge in [0, 0.05) is 22.7 Å². The highest BCUT2D eigenvalue weighted by atomic mass is 35.5. The normalized spacial score (nSPS) is 11.2. The third kappa shape index (κ3) is 3.37. The van der Waals surface area contributed by atoms with Gasteiger partial charge in [-0.1, -0.05) is 30.2 Å². The van der Waals surface area contributed by atoms with Crippen molar-refractivity contribution >= 4 is 11.6 Å². The maximum Gasteiger partial charge on any atom is 0.0710 e. The van der Waals surface area contributed by atoms with Gasteiger partial charge >= 0.3 is 0 Å². The summed E-state index contributed by atoms with van der Waals surface area (Å²) >= 11 is 6.30. The van der Waals surface area contributed by atoms with E-state index in [0.717, 1.165) is 35.8 Å². The van der Waals surface area contributed by atoms with Gasteiger partial charge in [0.15, 0.2) is 0 Å². The molecule has 2 aromatic rings. The monoisotopic (exact) mass is 277 g/mol. The first-order valence-electron chi connectivity index (χ1n) is 6.59. The fourth-order valence-corrected chi connectivity index (χ4v) is 2.46. The fraction of sp³-hybridized carbons (Fsp3) is 0.400. The van der Waals surface area contributed by atoms with Crippen LogP contribution in [0.3, 0.4) is 0 Å². The number of benzene rings is 1. The van der Waals surface area contributed by atoms with Gasteiger partial charge in [-0.25, -0.2) is 0 Å². The molecule has 102 valence electrons. The van der Waals surface area contributed by atoms with Crippen LogP contribution in [0, 0.1) is 6.92 Å². The Kier molecular flexibility index (Phi) is 4.61. The van der Waals surface area contributed by atoms with Crippen LogP contribution in [-0.4, -0.2) is 28.7 Å². The van der Waals surface area contributed by atoms with Crippen LogP contribution in [0.25, 0.3) is 11.3 Å². The minimum absolute atomic E-state index is 0.759. The molecule has 0 atom stereocenters. The van der Waals surface area contributed by atoms with Crippen molar-refractivity contribution in [2.45, 2.75) is 26.8 Å². The van der Waals surface area contributed by atoms with Gasteiger partial charge < -0.3 is 4.90 Å². The van der Waals surface area contributed by atoms with Gasteiger partial charge in [0.05, 0.1) is 11.9 Å². The van der Waals surface area contributed by atoms with Gasteiger partial charge in [-0.15, -0.1) is 0 Å². The lowest BCUT2D eigenvalue weighted by molar-refractivity contribution is 0.328. The average molecular weight is 278 g/mol. The Morgan fingerprint density at radius 3 is 2.89 bits per heavy atom. The van der Waals surface area contributed by atoms with Crippen LogP contribution < -0.4 is 0 Å². The van der Waals surface area contributed by atoms with E-state index in [4.69, 9.17) is 11.6 Å². The van der Waals surface area contributed by atoms with Crippen LogP contribution in [0.1, 0.15) is 24.5 Å². The Hall–Kier alpha value is -1.32. The number of rotatable bonds is 5. The predicted molar refractivity (Wildman–Crippen MR) is 80.4 cm³/mol. The number of aromatic nitrogens is 2. The van der Waals surface area contributed by atoms with E-state index < -0.39 is 0 Å². The molecule has 0 unspecified atom stereocenters. The number of aryl methyl sites for hydroxylation is 1. The molecule has 0 saturated carbocycles. The second-order valence-corrected chi connectivity index (χ2v) is 5.40. The molecule has 0 aliphatic rings. The van der Waals surface area contributed by atoms with Crippen LogP contribution in [0.5, 0.6) is 0 Å². The largest absolute Gasteiger partial charge is 0.302 e. The van der Waals surface area contributed by atoms with Crippen LogP contribution in [0.15, 0.2) is 24.4 Å². The minimum atomic E-state index is 0.759. The van der Waals surface area contributed by atoms with Gasteiger partial charge in [0.1, 0.15) is 0 Å². The van der Waals surface area contributed by atoms with Crippen LogP contribution in [-0.2, 0) is 6.54 Å². The average Bonchev–Trinajstić information content (AvgIpc) is 2.80. The first-order chi connectivity index (χ1) is 9.11. The summed E-state index contributed by atoms with van der Waals surface area (Å²) in [6, 6.07) is 6.05. The second-order valence-electron chi connectivity index (χ2n) is 4.99. The van der Waals surface area contributed by atoms with Crippen molar-refractivity contribution in [1.82, 2.24) is 15.1 Å². The Morgan fingerprint density at radius 1 is 1.37 bits per heavy atom. The minimum Gasteiger partial charge on any atom is -0.302 e. The van der Waals surface area contributed by atoms with Gasteiger partial charge in [0.25, 0.3) is 0 Å². The van der Waals surface area contributed by atoms with Crippen molar-refractivity contribution in [3.8, 4) is 11.3 Å². The lowest BCUT2D eigenvalue weighted by Crippen LogP contribution is -2.18. The third-order valence-electron chi connectivity index (χ3n) is 3.15. The van der Waals surface area contributed by atoms with Gasteiger partial charge in [-0.2, -0.15) is 5.10 Å². The zero-order valence-electron chi connectivity index (χ0n) is 11.7. The standard InChI is InChI=1S/C15H20ClN3/c1-4-7-19(3)10-12-9-17-18-15(12)13-8-11(2)5-6-14(13)16/h5-6,8-9H,4,7,10H2,1-3H3,(H,17,18). The molecule has 1 heterocycles. The van der Waals surface area contributed by atoms with E-state index in [1.54, 1.807) is 0 Å². The smallest absolute Gasteiger partial charge is 0.0710 e. The zero-order valence-corrected chi connectivity index (χ0v) is 12.5. The van der Waals surface area contributed by atoms with Crippen molar-refractivity contribution in [2.75, 3.05) is 13.6 Å². The van der Waals surface area contributed by atoms with Crippen molar-refractivity contribution < 1.29 is 0 Å². The molecular weight excluding hydrogens is 258 g/mol. The van der Waals surface area contributed by atoms with E-state index in [-0.39, 0.29) is 0 Å². The molecule has 0 bridgehead atoms. The topological polar surface area (TPSA) is 31.9 Å². The molecule has 4 heteroatoms. The quantitative estimate of drug-likeness (QED) is 0.899. The molecule has 0 saturated heterocycles. The van der Waals surface area contributed by atoms with E-state index in [0.29, 0.717) is 0 Å². The van der Waals surface area contributed by atoms with E-state index >= 15 is 0 Å². The molecule has 0 fully saturated rings. The Bertz CT molecular complexity index is 548. The third-order valence-corrected chi connectivity index (χ3v) is 3.48. The van der Waals surface area contributed by atoms with E-state index in [2.05, 4.69) is 42.1 Å². The Morgan fingerprint density at radius 2 is 2.16 bits per heavy atom. The molecular formula is C15H20ClN3. The number of hydrogen-bond acceptors (Lipinski definition) is 2. The van der Waals surface area contributed by atoms with E-state index in [1.807, 2.05) is 18.3 Å². The van der Waals surface area contributed by atoms with Crippen LogP contribution in [0.2, 0.25) is 5.02 Å². The summed E-state index contributed by atoms with van der Waals surface area (Å²) in [4.78, 5) is 2.29. The van der Waals surface area contributed by atoms with Crippen molar-refractivity contribution in [1.29, 1.82) is 0 Å². The molecule has 0 radical (unpaired) electrons. The molecule has 1 N–H and O–H groups in total. The first-order valence-corrected chi connectivity index (χ1v) is 6.97. The molecule has 0 aliphatic heterocycles. The van der Waals surface area contributed by atoms with Crippen molar-refractivity contribution in [3.63, 3.8) is 0 Å². The molecule has 1 aromatic heterocycles. The summed E-state index contributed by atoms with van der Waals surface area (Å²) in [5.74, 6) is 0. The summed E-state index contributed by atoms with van der Waals surface area (Å²) in [7, 11) is 2.12. The lowest BCUT2D eigenvalue weighted by atomic mass is 10.1. The molecule has 1 aromatic carbocycles. The van der Waals surface area contributed by atoms with Gasteiger partial charge in [-0.3, -0.25) is 5.10 Å². The summed E-state index contributed by atoms with van der Waals surface area (Å²) in [6.45, 7) is 6.21. The van der Waals surface area contributed by atoms with Gasteiger partial charge in [0.2, 0.25) is 0 Å². The van der Waals surface area contributed by atoms with Crippen LogP contribution >= 0.6 is 11.6 Å². The van der Waals surface area contributed by atoms with Crippen LogP contribution in [0.4, 0.5) is 0 Å². The number of nitrogens with zero attached hydrogens (tertiary/aromatic N) is 2. The summed E-state index contributed by atoms with van der Waals surface area (Å²) in [5, 5.41) is 8.01. The number of halogens is 1. The molecule has 2 rings (SSSR count). The maximum absolute atomic E-state index is 6.30. The molecule has 0 amide bonds. The molecule has 3 nitrogen and oxygen atoms in total. The number of H-pyrrole nitrogens is 1.